The fourth-order valence-corrected chi connectivity index (χ4v) is 3.56. The Morgan fingerprint density at radius 2 is 2.00 bits per heavy atom. The second-order valence-corrected chi connectivity index (χ2v) is 6.96. The zero-order valence-corrected chi connectivity index (χ0v) is 14.8. The molecular weight excluding hydrogens is 336 g/mol. The molecule has 2 heterocycles. The van der Waals surface area contributed by atoms with E-state index in [1.54, 1.807) is 18.2 Å². The number of nitrogens with two attached hydrogens (primary N) is 1. The van der Waals surface area contributed by atoms with Gasteiger partial charge in [0.25, 0.3) is 11.8 Å². The number of nitrogens with zero attached hydrogens (tertiary/aromatic N) is 2. The highest BCUT2D eigenvalue weighted by Gasteiger charge is 2.45. The first-order valence-electron chi connectivity index (χ1n) is 8.57. The SMILES string of the molecule is CC(N)CN(C)Cc1cccc2c1C(=O)N(C1CCC(=O)NC1=O)C2=O. The van der Waals surface area contributed by atoms with Crippen LogP contribution in [0.25, 0.3) is 0 Å². The maximum Gasteiger partial charge on any atom is 0.262 e. The van der Waals surface area contributed by atoms with Crippen LogP contribution in [-0.4, -0.2) is 59.1 Å². The van der Waals surface area contributed by atoms with Gasteiger partial charge in [-0.15, -0.1) is 0 Å². The molecule has 3 rings (SSSR count). The van der Waals surface area contributed by atoms with Crippen molar-refractivity contribution in [3.8, 4) is 0 Å². The van der Waals surface area contributed by atoms with E-state index < -0.39 is 23.8 Å². The van der Waals surface area contributed by atoms with Crippen molar-refractivity contribution in [3.05, 3.63) is 34.9 Å². The lowest BCUT2D eigenvalue weighted by molar-refractivity contribution is -0.136. The molecule has 3 N–H and O–H groups in total. The number of nitrogens with one attached hydrogen (secondary N) is 1. The average Bonchev–Trinajstić information content (AvgIpc) is 2.79. The molecule has 2 aliphatic heterocycles. The smallest absolute Gasteiger partial charge is 0.262 e. The van der Waals surface area contributed by atoms with Gasteiger partial charge in [0.1, 0.15) is 6.04 Å². The minimum atomic E-state index is -0.949. The van der Waals surface area contributed by atoms with Crippen molar-refractivity contribution < 1.29 is 19.2 Å². The first-order valence-corrected chi connectivity index (χ1v) is 8.57. The van der Waals surface area contributed by atoms with Crippen LogP contribution in [-0.2, 0) is 16.1 Å². The number of hydrogen-bond acceptors (Lipinski definition) is 6. The van der Waals surface area contributed by atoms with Gasteiger partial charge in [-0.3, -0.25) is 29.4 Å². The average molecular weight is 358 g/mol. The van der Waals surface area contributed by atoms with Crippen LogP contribution in [0, 0.1) is 0 Å². The van der Waals surface area contributed by atoms with Gasteiger partial charge in [0.05, 0.1) is 11.1 Å². The van der Waals surface area contributed by atoms with Crippen molar-refractivity contribution in [3.63, 3.8) is 0 Å². The number of carbonyl (C=O) groups excluding carboxylic acids is 4. The Morgan fingerprint density at radius 1 is 1.27 bits per heavy atom. The standard InChI is InChI=1S/C18H22N4O4/c1-10(19)8-21(2)9-11-4-3-5-12-15(11)18(26)22(17(12)25)13-6-7-14(23)20-16(13)24/h3-5,10,13H,6-9,19H2,1-2H3,(H,20,23,24). The Bertz CT molecular complexity index is 789. The number of fused-ring (bicyclic) bond motifs is 1. The molecule has 0 spiro atoms. The number of imide groups is 2. The Balaban J connectivity index is 1.89. The summed E-state index contributed by atoms with van der Waals surface area (Å²) >= 11 is 0. The summed E-state index contributed by atoms with van der Waals surface area (Å²) in [5.74, 6) is -1.96. The highest BCUT2D eigenvalue weighted by molar-refractivity contribution is 6.24. The maximum absolute atomic E-state index is 13.0. The van der Waals surface area contributed by atoms with Crippen LogP contribution in [0.15, 0.2) is 18.2 Å². The summed E-state index contributed by atoms with van der Waals surface area (Å²) < 4.78 is 0. The number of carbonyl (C=O) groups is 4. The van der Waals surface area contributed by atoms with Crippen LogP contribution in [0.1, 0.15) is 46.0 Å². The lowest BCUT2D eigenvalue weighted by Crippen LogP contribution is -2.54. The third-order valence-electron chi connectivity index (χ3n) is 4.59. The summed E-state index contributed by atoms with van der Waals surface area (Å²) in [6.07, 6.45) is 0.254. The van der Waals surface area contributed by atoms with E-state index in [2.05, 4.69) is 5.32 Å². The molecule has 8 heteroatoms. The molecule has 1 fully saturated rings. The van der Waals surface area contributed by atoms with Gasteiger partial charge in [-0.1, -0.05) is 12.1 Å². The van der Waals surface area contributed by atoms with Crippen LogP contribution >= 0.6 is 0 Å². The van der Waals surface area contributed by atoms with Gasteiger partial charge in [-0.25, -0.2) is 0 Å². The second kappa shape index (κ2) is 6.97. The fourth-order valence-electron chi connectivity index (χ4n) is 3.56. The normalized spacial score (nSPS) is 21.2. The summed E-state index contributed by atoms with van der Waals surface area (Å²) in [6, 6.07) is 4.16. The van der Waals surface area contributed by atoms with E-state index in [9.17, 15) is 19.2 Å². The quantitative estimate of drug-likeness (QED) is 0.709. The molecule has 138 valence electrons. The number of amides is 4. The highest BCUT2D eigenvalue weighted by Crippen LogP contribution is 2.30. The van der Waals surface area contributed by atoms with Gasteiger partial charge >= 0.3 is 0 Å². The zero-order chi connectivity index (χ0) is 19.0. The van der Waals surface area contributed by atoms with Crippen molar-refractivity contribution in [2.45, 2.75) is 38.4 Å². The molecule has 4 amide bonds. The number of piperidine rings is 1. The molecule has 0 saturated carbocycles. The first-order chi connectivity index (χ1) is 12.3. The third-order valence-corrected chi connectivity index (χ3v) is 4.59. The number of hydrogen-bond donors (Lipinski definition) is 2. The van der Waals surface area contributed by atoms with E-state index in [0.717, 1.165) is 10.5 Å². The summed E-state index contributed by atoms with van der Waals surface area (Å²) in [5, 5.41) is 2.20. The third kappa shape index (κ3) is 3.25. The molecule has 26 heavy (non-hydrogen) atoms. The Labute approximate surface area is 151 Å². The molecule has 0 bridgehead atoms. The monoisotopic (exact) mass is 358 g/mol. The van der Waals surface area contributed by atoms with Crippen molar-refractivity contribution in [1.82, 2.24) is 15.1 Å². The largest absolute Gasteiger partial charge is 0.327 e. The number of benzene rings is 1. The summed E-state index contributed by atoms with van der Waals surface area (Å²) in [6.45, 7) is 3.00. The van der Waals surface area contributed by atoms with Crippen LogP contribution in [0.3, 0.4) is 0 Å². The summed E-state index contributed by atoms with van der Waals surface area (Å²) in [4.78, 5) is 52.1. The maximum atomic E-state index is 13.0. The van der Waals surface area contributed by atoms with Crippen LogP contribution in [0.5, 0.6) is 0 Å². The van der Waals surface area contributed by atoms with Crippen LogP contribution < -0.4 is 11.1 Å². The van der Waals surface area contributed by atoms with Crippen molar-refractivity contribution in [2.24, 2.45) is 5.73 Å². The van der Waals surface area contributed by atoms with Crippen LogP contribution in [0.4, 0.5) is 0 Å². The van der Waals surface area contributed by atoms with E-state index in [1.165, 1.54) is 0 Å². The topological polar surface area (TPSA) is 113 Å². The van der Waals surface area contributed by atoms with E-state index in [4.69, 9.17) is 5.73 Å². The Morgan fingerprint density at radius 3 is 2.65 bits per heavy atom. The van der Waals surface area contributed by atoms with E-state index in [1.807, 2.05) is 18.9 Å². The predicted octanol–water partition coefficient (Wildman–Crippen LogP) is -0.133. The lowest BCUT2D eigenvalue weighted by atomic mass is 10.0. The molecule has 2 atom stereocenters. The summed E-state index contributed by atoms with van der Waals surface area (Å²) in [7, 11) is 1.89. The molecule has 1 saturated heterocycles. The molecule has 2 unspecified atom stereocenters. The van der Waals surface area contributed by atoms with Gasteiger partial charge in [-0.2, -0.15) is 0 Å². The van der Waals surface area contributed by atoms with Gasteiger partial charge in [0.2, 0.25) is 11.8 Å². The zero-order valence-electron chi connectivity index (χ0n) is 14.8. The molecule has 1 aromatic rings. The first kappa shape index (κ1) is 18.2. The minimum absolute atomic E-state index is 0.0194. The van der Waals surface area contributed by atoms with Gasteiger partial charge in [0.15, 0.2) is 0 Å². The fraction of sp³-hybridized carbons (Fsp3) is 0.444. The van der Waals surface area contributed by atoms with Crippen molar-refractivity contribution in [2.75, 3.05) is 13.6 Å². The Kier molecular flexibility index (Phi) is 4.88. The highest BCUT2D eigenvalue weighted by atomic mass is 16.2. The minimum Gasteiger partial charge on any atom is -0.327 e. The van der Waals surface area contributed by atoms with E-state index in [0.29, 0.717) is 24.2 Å². The molecular formula is C18H22N4O4. The number of rotatable bonds is 5. The molecule has 0 aliphatic carbocycles. The van der Waals surface area contributed by atoms with Crippen molar-refractivity contribution in [1.29, 1.82) is 0 Å². The number of likely N-dealkylation sites (N-methyl/N-ethyl adjacent to an activating group) is 1. The molecule has 2 aliphatic rings. The molecule has 0 aromatic heterocycles. The van der Waals surface area contributed by atoms with Gasteiger partial charge in [0, 0.05) is 25.6 Å². The predicted molar refractivity (Wildman–Crippen MR) is 93.1 cm³/mol. The van der Waals surface area contributed by atoms with Gasteiger partial charge in [-0.05, 0) is 32.0 Å². The molecule has 1 aromatic carbocycles. The van der Waals surface area contributed by atoms with Crippen molar-refractivity contribution >= 4 is 23.6 Å². The lowest BCUT2D eigenvalue weighted by Gasteiger charge is -2.28. The Hall–Kier alpha value is -2.58. The molecule has 8 nitrogen and oxygen atoms in total. The van der Waals surface area contributed by atoms with E-state index in [-0.39, 0.29) is 24.8 Å². The van der Waals surface area contributed by atoms with E-state index >= 15 is 0 Å². The van der Waals surface area contributed by atoms with Gasteiger partial charge < -0.3 is 10.6 Å². The summed E-state index contributed by atoms with van der Waals surface area (Å²) in [5.41, 5.74) is 7.16. The molecule has 0 radical (unpaired) electrons. The second-order valence-electron chi connectivity index (χ2n) is 6.96. The van der Waals surface area contributed by atoms with Crippen LogP contribution in [0.2, 0.25) is 0 Å².